The number of carbonyl (C=O) groups is 1. The van der Waals surface area contributed by atoms with Gasteiger partial charge in [-0.3, -0.25) is 9.59 Å². The lowest BCUT2D eigenvalue weighted by atomic mass is 9.91. The number of benzene rings is 1. The van der Waals surface area contributed by atoms with Crippen LogP contribution < -0.4 is 10.5 Å². The Bertz CT molecular complexity index is 1280. The Labute approximate surface area is 185 Å². The highest BCUT2D eigenvalue weighted by Gasteiger charge is 2.32. The van der Waals surface area contributed by atoms with Crippen LogP contribution in [-0.4, -0.2) is 46.5 Å². The summed E-state index contributed by atoms with van der Waals surface area (Å²) >= 11 is 0. The van der Waals surface area contributed by atoms with E-state index in [0.29, 0.717) is 47.5 Å². The number of carbonyl (C=O) groups excluding carboxylic acids is 1. The summed E-state index contributed by atoms with van der Waals surface area (Å²) in [5.74, 6) is -0.397. The average Bonchev–Trinajstić information content (AvgIpc) is 2.80. The molecule has 2 atom stereocenters. The van der Waals surface area contributed by atoms with Crippen molar-refractivity contribution in [3.63, 3.8) is 0 Å². The number of nitriles is 1. The van der Waals surface area contributed by atoms with E-state index in [1.54, 1.807) is 37.2 Å². The van der Waals surface area contributed by atoms with E-state index < -0.39 is 0 Å². The molecule has 0 bridgehead atoms. The summed E-state index contributed by atoms with van der Waals surface area (Å²) in [6.45, 7) is 3.34. The molecule has 1 amide bonds. The van der Waals surface area contributed by atoms with Crippen LogP contribution in [-0.2, 0) is 7.05 Å². The van der Waals surface area contributed by atoms with E-state index in [1.165, 1.54) is 28.8 Å². The van der Waals surface area contributed by atoms with Gasteiger partial charge < -0.3 is 14.4 Å². The number of aromatic nitrogens is 2. The van der Waals surface area contributed by atoms with Gasteiger partial charge in [0.25, 0.3) is 11.5 Å². The molecule has 1 aromatic carbocycles. The number of fused-ring (bicyclic) bond motifs is 1. The van der Waals surface area contributed by atoms with E-state index in [4.69, 9.17) is 0 Å². The van der Waals surface area contributed by atoms with Crippen molar-refractivity contribution in [2.75, 3.05) is 25.0 Å². The molecule has 3 aromatic rings. The lowest BCUT2D eigenvalue weighted by molar-refractivity contribution is 0.0656. The topological polar surface area (TPSA) is 82.2 Å². The third-order valence-electron chi connectivity index (χ3n) is 6.29. The summed E-state index contributed by atoms with van der Waals surface area (Å²) in [6, 6.07) is 12.6. The van der Waals surface area contributed by atoms with Gasteiger partial charge in [0.1, 0.15) is 23.1 Å². The van der Waals surface area contributed by atoms with E-state index >= 15 is 0 Å². The fourth-order valence-corrected chi connectivity index (χ4v) is 4.49. The van der Waals surface area contributed by atoms with Crippen molar-refractivity contribution in [2.24, 2.45) is 13.0 Å². The Hall–Kier alpha value is -3.73. The number of anilines is 1. The number of pyridine rings is 2. The van der Waals surface area contributed by atoms with E-state index in [-0.39, 0.29) is 29.2 Å². The minimum absolute atomic E-state index is 0.00393. The van der Waals surface area contributed by atoms with Crippen LogP contribution in [0.4, 0.5) is 10.1 Å². The number of halogens is 1. The van der Waals surface area contributed by atoms with Crippen LogP contribution in [0.2, 0.25) is 0 Å². The zero-order valence-electron chi connectivity index (χ0n) is 18.2. The third-order valence-corrected chi connectivity index (χ3v) is 6.29. The molecular formula is C24H24FN5O2. The SMILES string of the molecule is C[C@@H]1CN(c2cc(=O)n(C)c3ccc(C#N)nc23)CC[C@@H]1N(C)C(=O)c1ccc(F)cc1. The van der Waals surface area contributed by atoms with Crippen molar-refractivity contribution >= 4 is 22.6 Å². The second-order valence-corrected chi connectivity index (χ2v) is 8.31. The highest BCUT2D eigenvalue weighted by Crippen LogP contribution is 2.30. The van der Waals surface area contributed by atoms with Gasteiger partial charge in [0.15, 0.2) is 0 Å². The molecule has 1 aliphatic rings. The number of hydrogen-bond acceptors (Lipinski definition) is 5. The van der Waals surface area contributed by atoms with Crippen molar-refractivity contribution in [3.8, 4) is 6.07 Å². The van der Waals surface area contributed by atoms with Crippen LogP contribution in [0.15, 0.2) is 47.3 Å². The van der Waals surface area contributed by atoms with Gasteiger partial charge in [-0.15, -0.1) is 0 Å². The van der Waals surface area contributed by atoms with E-state index in [2.05, 4.69) is 22.9 Å². The van der Waals surface area contributed by atoms with Gasteiger partial charge in [-0.1, -0.05) is 6.92 Å². The highest BCUT2D eigenvalue weighted by molar-refractivity contribution is 5.94. The minimum atomic E-state index is -0.375. The average molecular weight is 433 g/mol. The summed E-state index contributed by atoms with van der Waals surface area (Å²) in [5, 5.41) is 9.27. The standard InChI is InChI=1S/C24H24FN5O2/c1-15-14-30(11-10-19(15)29(3)24(32)16-4-6-17(25)7-5-16)21-12-22(31)28(2)20-9-8-18(13-26)27-23(20)21/h4-9,12,15,19H,10-11,14H2,1-3H3/t15-,19+/m1/s1. The summed E-state index contributed by atoms with van der Waals surface area (Å²) in [4.78, 5) is 33.7. The van der Waals surface area contributed by atoms with Crippen LogP contribution in [0.5, 0.6) is 0 Å². The van der Waals surface area contributed by atoms with Gasteiger partial charge in [0.05, 0.1) is 11.2 Å². The van der Waals surface area contributed by atoms with Crippen LogP contribution in [0.25, 0.3) is 11.0 Å². The van der Waals surface area contributed by atoms with E-state index in [9.17, 15) is 19.2 Å². The Kier molecular flexibility index (Phi) is 5.66. The van der Waals surface area contributed by atoms with Gasteiger partial charge >= 0.3 is 0 Å². The Balaban J connectivity index is 1.60. The normalized spacial score (nSPS) is 18.4. The number of rotatable bonds is 3. The molecule has 0 unspecified atom stereocenters. The fourth-order valence-electron chi connectivity index (χ4n) is 4.49. The summed E-state index contributed by atoms with van der Waals surface area (Å²) in [7, 11) is 3.46. The minimum Gasteiger partial charge on any atom is -0.369 e. The molecule has 0 aliphatic carbocycles. The molecule has 8 heteroatoms. The maximum absolute atomic E-state index is 13.2. The molecule has 1 fully saturated rings. The van der Waals surface area contributed by atoms with Crippen LogP contribution in [0, 0.1) is 23.1 Å². The fraction of sp³-hybridized carbons (Fsp3) is 0.333. The Morgan fingerprint density at radius 2 is 1.97 bits per heavy atom. The van der Waals surface area contributed by atoms with Gasteiger partial charge in [-0.2, -0.15) is 5.26 Å². The molecule has 7 nitrogen and oxygen atoms in total. The molecule has 0 radical (unpaired) electrons. The third kappa shape index (κ3) is 3.82. The first-order valence-electron chi connectivity index (χ1n) is 10.5. The van der Waals surface area contributed by atoms with Crippen LogP contribution in [0.3, 0.4) is 0 Å². The van der Waals surface area contributed by atoms with Gasteiger partial charge in [-0.25, -0.2) is 9.37 Å². The molecule has 2 aromatic heterocycles. The number of aryl methyl sites for hydroxylation is 1. The van der Waals surface area contributed by atoms with Crippen LogP contribution in [0.1, 0.15) is 29.4 Å². The quantitative estimate of drug-likeness (QED) is 0.634. The Morgan fingerprint density at radius 1 is 1.25 bits per heavy atom. The molecule has 0 spiro atoms. The predicted molar refractivity (Wildman–Crippen MR) is 120 cm³/mol. The Morgan fingerprint density at radius 3 is 2.62 bits per heavy atom. The molecule has 3 heterocycles. The number of hydrogen-bond donors (Lipinski definition) is 0. The zero-order chi connectivity index (χ0) is 23.0. The van der Waals surface area contributed by atoms with Crippen molar-refractivity contribution in [2.45, 2.75) is 19.4 Å². The predicted octanol–water partition coefficient (Wildman–Crippen LogP) is 2.93. The largest absolute Gasteiger partial charge is 0.369 e. The second kappa shape index (κ2) is 8.42. The van der Waals surface area contributed by atoms with Crippen molar-refractivity contribution in [1.29, 1.82) is 5.26 Å². The lowest BCUT2D eigenvalue weighted by Crippen LogP contribution is -2.51. The van der Waals surface area contributed by atoms with Gasteiger partial charge in [0.2, 0.25) is 0 Å². The molecule has 0 saturated carbocycles. The second-order valence-electron chi connectivity index (χ2n) is 8.31. The maximum atomic E-state index is 13.2. The highest BCUT2D eigenvalue weighted by atomic mass is 19.1. The zero-order valence-corrected chi connectivity index (χ0v) is 18.2. The summed E-state index contributed by atoms with van der Waals surface area (Å²) in [6.07, 6.45) is 0.708. The van der Waals surface area contributed by atoms with E-state index in [1.807, 2.05) is 0 Å². The number of nitrogens with zero attached hydrogens (tertiary/aromatic N) is 5. The first-order chi connectivity index (χ1) is 15.3. The molecular weight excluding hydrogens is 409 g/mol. The van der Waals surface area contributed by atoms with Crippen molar-refractivity contribution in [1.82, 2.24) is 14.5 Å². The number of amides is 1. The molecule has 1 aliphatic heterocycles. The summed E-state index contributed by atoms with van der Waals surface area (Å²) in [5.41, 5.74) is 2.60. The molecule has 4 rings (SSSR count). The van der Waals surface area contributed by atoms with Crippen molar-refractivity contribution < 1.29 is 9.18 Å². The number of piperidine rings is 1. The molecule has 32 heavy (non-hydrogen) atoms. The molecule has 164 valence electrons. The summed E-state index contributed by atoms with van der Waals surface area (Å²) < 4.78 is 14.7. The van der Waals surface area contributed by atoms with Gasteiger partial charge in [0, 0.05) is 44.9 Å². The monoisotopic (exact) mass is 433 g/mol. The van der Waals surface area contributed by atoms with E-state index in [0.717, 1.165) is 0 Å². The smallest absolute Gasteiger partial charge is 0.253 e. The molecule has 1 saturated heterocycles. The lowest BCUT2D eigenvalue weighted by Gasteiger charge is -2.42. The van der Waals surface area contributed by atoms with Gasteiger partial charge in [-0.05, 0) is 48.7 Å². The maximum Gasteiger partial charge on any atom is 0.253 e. The van der Waals surface area contributed by atoms with Crippen LogP contribution >= 0.6 is 0 Å². The van der Waals surface area contributed by atoms with Crippen molar-refractivity contribution in [3.05, 3.63) is 69.9 Å². The molecule has 0 N–H and O–H groups in total. The first kappa shape index (κ1) is 21.5. The first-order valence-corrected chi connectivity index (χ1v) is 10.5.